The predicted octanol–water partition coefficient (Wildman–Crippen LogP) is 3.87. The average molecular weight is 542 g/mol. The van der Waals surface area contributed by atoms with Crippen LogP contribution < -0.4 is 5.56 Å². The molecule has 1 atom stereocenters. The first-order chi connectivity index (χ1) is 19.1. The van der Waals surface area contributed by atoms with Gasteiger partial charge >= 0.3 is 0 Å². The van der Waals surface area contributed by atoms with Crippen molar-refractivity contribution < 1.29 is 39.2 Å². The number of phenolic OH excluding ortho intramolecular Hbond substituents is 3. The normalized spacial score (nSPS) is 16.4. The number of aromatic amines is 1. The number of ether oxygens (including phenoxy) is 1. The Labute approximate surface area is 226 Å². The summed E-state index contributed by atoms with van der Waals surface area (Å²) in [4.78, 5) is 67.0. The van der Waals surface area contributed by atoms with Crippen LogP contribution in [0.15, 0.2) is 47.0 Å². The summed E-state index contributed by atoms with van der Waals surface area (Å²) in [6.07, 6.45) is 8.45. The van der Waals surface area contributed by atoms with Gasteiger partial charge in [-0.05, 0) is 42.9 Å². The van der Waals surface area contributed by atoms with Crippen LogP contribution in [-0.2, 0) is 11.2 Å². The molecule has 1 heterocycles. The molecule has 5 rings (SSSR count). The van der Waals surface area contributed by atoms with Gasteiger partial charge in [-0.3, -0.25) is 24.0 Å². The van der Waals surface area contributed by atoms with Crippen LogP contribution in [-0.4, -0.2) is 51.0 Å². The zero-order valence-electron chi connectivity index (χ0n) is 21.4. The van der Waals surface area contributed by atoms with Crippen molar-refractivity contribution in [2.75, 3.05) is 7.11 Å². The van der Waals surface area contributed by atoms with Gasteiger partial charge in [0.05, 0.1) is 40.7 Å². The third-order valence-electron chi connectivity index (χ3n) is 7.23. The summed E-state index contributed by atoms with van der Waals surface area (Å²) >= 11 is 0. The molecule has 2 aliphatic carbocycles. The number of aromatic nitrogens is 1. The summed E-state index contributed by atoms with van der Waals surface area (Å²) in [6, 6.07) is 3.39. The molecule has 202 valence electrons. The molecule has 0 fully saturated rings. The average Bonchev–Trinajstić information content (AvgIpc) is 3.35. The maximum absolute atomic E-state index is 13.9. The highest BCUT2D eigenvalue weighted by Gasteiger charge is 2.41. The molecule has 0 saturated heterocycles. The molecular weight excluding hydrogens is 518 g/mol. The molecule has 0 saturated carbocycles. The lowest BCUT2D eigenvalue weighted by Gasteiger charge is -2.21. The van der Waals surface area contributed by atoms with E-state index in [-0.39, 0.29) is 23.7 Å². The first-order valence-electron chi connectivity index (χ1n) is 12.3. The number of carbonyl (C=O) groups is 4. The number of hydrogen-bond acceptors (Lipinski definition) is 9. The summed E-state index contributed by atoms with van der Waals surface area (Å²) in [5.41, 5.74) is -1.94. The van der Waals surface area contributed by atoms with Crippen LogP contribution in [0.5, 0.6) is 17.2 Å². The summed E-state index contributed by atoms with van der Waals surface area (Å²) in [7, 11) is 1.14. The van der Waals surface area contributed by atoms with E-state index in [2.05, 4.69) is 4.98 Å². The highest BCUT2D eigenvalue weighted by Crippen LogP contribution is 2.47. The van der Waals surface area contributed by atoms with Gasteiger partial charge < -0.3 is 25.0 Å². The third-order valence-corrected chi connectivity index (χ3v) is 7.23. The van der Waals surface area contributed by atoms with Crippen molar-refractivity contribution in [2.45, 2.75) is 25.7 Å². The second-order valence-corrected chi connectivity index (χ2v) is 9.42. The van der Waals surface area contributed by atoms with Gasteiger partial charge in [-0.25, -0.2) is 0 Å². The van der Waals surface area contributed by atoms with Gasteiger partial charge in [0.15, 0.2) is 23.6 Å². The third kappa shape index (κ3) is 3.84. The van der Waals surface area contributed by atoms with Gasteiger partial charge in [0.25, 0.3) is 5.56 Å². The molecule has 2 aromatic carbocycles. The number of ketones is 3. The summed E-state index contributed by atoms with van der Waals surface area (Å²) in [5, 5.41) is 33.5. The van der Waals surface area contributed by atoms with Crippen LogP contribution in [0.3, 0.4) is 0 Å². The van der Waals surface area contributed by atoms with Crippen LogP contribution in [0.1, 0.15) is 77.5 Å². The summed E-state index contributed by atoms with van der Waals surface area (Å²) in [5.74, 6) is -6.53. The van der Waals surface area contributed by atoms with Gasteiger partial charge in [-0.1, -0.05) is 24.3 Å². The van der Waals surface area contributed by atoms with E-state index < -0.39 is 74.1 Å². The van der Waals surface area contributed by atoms with Gasteiger partial charge in [-0.15, -0.1) is 0 Å². The van der Waals surface area contributed by atoms with E-state index in [9.17, 15) is 39.3 Å². The van der Waals surface area contributed by atoms with E-state index in [4.69, 9.17) is 4.74 Å². The highest BCUT2D eigenvalue weighted by atomic mass is 16.5. The number of H-pyrrole nitrogens is 1. The Hall–Kier alpha value is -5.25. The summed E-state index contributed by atoms with van der Waals surface area (Å²) in [6.45, 7) is 1.85. The Kier molecular flexibility index (Phi) is 6.46. The van der Waals surface area contributed by atoms with Crippen molar-refractivity contribution in [3.8, 4) is 17.2 Å². The number of fused-ring (bicyclic) bond motifs is 3. The van der Waals surface area contributed by atoms with Crippen molar-refractivity contribution >= 4 is 40.5 Å². The minimum Gasteiger partial charge on any atom is -0.507 e. The number of aldehydes is 1. The number of rotatable bonds is 6. The Balaban J connectivity index is 1.67. The topological polar surface area (TPSA) is 171 Å². The van der Waals surface area contributed by atoms with Crippen LogP contribution >= 0.6 is 0 Å². The number of carbonyl (C=O) groups excluding carboxylic acids is 4. The second-order valence-electron chi connectivity index (χ2n) is 9.42. The van der Waals surface area contributed by atoms with Crippen molar-refractivity contribution in [3.05, 3.63) is 91.6 Å². The smallest absolute Gasteiger partial charge is 0.260 e. The molecule has 1 unspecified atom stereocenters. The summed E-state index contributed by atoms with van der Waals surface area (Å²) < 4.78 is 4.87. The Bertz CT molecular complexity index is 1820. The molecule has 0 amide bonds. The minimum atomic E-state index is -1.12. The second kappa shape index (κ2) is 9.81. The van der Waals surface area contributed by atoms with Crippen LogP contribution in [0, 0.1) is 0 Å². The molecule has 10 nitrogen and oxygen atoms in total. The standard InChI is InChI=1S/C30H23NO9/c1-3-4-5-6-15-10-14-9-13-7-8-16(20(13)28(37)21(14)30(39)31-15)25(34)22-17(12-32)26(35)24-23(29(22)38)18(33)11-19(40-2)27(24)36/h3-6,9-12,16,35,37-38H,7-8H2,1-2H3,(H,31,39)/b4-3+,6-5+. The monoisotopic (exact) mass is 541 g/mol. The number of allylic oxidation sites excluding steroid dienone is 5. The molecule has 1 aromatic heterocycles. The fraction of sp³-hybridized carbons (Fsp3) is 0.167. The number of phenols is 3. The molecule has 2 aliphatic rings. The van der Waals surface area contributed by atoms with Gasteiger partial charge in [0.2, 0.25) is 5.78 Å². The first-order valence-corrected chi connectivity index (χ1v) is 12.3. The highest BCUT2D eigenvalue weighted by molar-refractivity contribution is 6.28. The Morgan fingerprint density at radius 2 is 1.80 bits per heavy atom. The fourth-order valence-corrected chi connectivity index (χ4v) is 5.45. The number of aromatic hydroxyl groups is 3. The van der Waals surface area contributed by atoms with E-state index >= 15 is 0 Å². The lowest BCUT2D eigenvalue weighted by atomic mass is 9.82. The van der Waals surface area contributed by atoms with E-state index in [0.717, 1.165) is 13.2 Å². The molecule has 0 bridgehead atoms. The SMILES string of the molecule is C/C=C/C=C/c1cc2cc3c(c(O)c2c(=O)[nH]1)C(C(=O)c1c(O)c2c(c(O)c1C=O)C(=O)C(OC)=CC2=O)CC3. The predicted molar refractivity (Wildman–Crippen MR) is 144 cm³/mol. The minimum absolute atomic E-state index is 0.0345. The van der Waals surface area contributed by atoms with E-state index in [1.807, 2.05) is 13.0 Å². The zero-order valence-corrected chi connectivity index (χ0v) is 21.4. The van der Waals surface area contributed by atoms with Crippen LogP contribution in [0.4, 0.5) is 0 Å². The van der Waals surface area contributed by atoms with Crippen molar-refractivity contribution in [2.24, 2.45) is 0 Å². The van der Waals surface area contributed by atoms with Crippen molar-refractivity contribution in [3.63, 3.8) is 0 Å². The molecule has 40 heavy (non-hydrogen) atoms. The first kappa shape index (κ1) is 26.4. The molecule has 3 aromatic rings. The number of pyridine rings is 1. The lowest BCUT2D eigenvalue weighted by Crippen LogP contribution is -2.22. The largest absolute Gasteiger partial charge is 0.507 e. The molecule has 0 radical (unpaired) electrons. The van der Waals surface area contributed by atoms with Crippen molar-refractivity contribution in [1.29, 1.82) is 0 Å². The van der Waals surface area contributed by atoms with Gasteiger partial charge in [0, 0.05) is 17.3 Å². The molecule has 10 heteroatoms. The van der Waals surface area contributed by atoms with Crippen LogP contribution in [0.2, 0.25) is 0 Å². The van der Waals surface area contributed by atoms with Crippen molar-refractivity contribution in [1.82, 2.24) is 4.98 Å². The fourth-order valence-electron chi connectivity index (χ4n) is 5.45. The maximum Gasteiger partial charge on any atom is 0.260 e. The molecule has 0 spiro atoms. The number of hydrogen-bond donors (Lipinski definition) is 4. The number of nitrogens with one attached hydrogen (secondary N) is 1. The maximum atomic E-state index is 13.9. The molecular formula is C30H23NO9. The number of aryl methyl sites for hydroxylation is 1. The molecule has 4 N–H and O–H groups in total. The lowest BCUT2D eigenvalue weighted by molar-refractivity contribution is 0.0907. The zero-order chi connectivity index (χ0) is 28.9. The molecule has 0 aliphatic heterocycles. The number of benzene rings is 2. The number of Topliss-reactive ketones (excluding diaryl/α,β-unsaturated/α-hetero) is 2. The number of methoxy groups -OCH3 is 1. The Morgan fingerprint density at radius 1 is 1.05 bits per heavy atom. The van der Waals surface area contributed by atoms with Crippen LogP contribution in [0.25, 0.3) is 16.8 Å². The van der Waals surface area contributed by atoms with Gasteiger partial charge in [-0.2, -0.15) is 0 Å². The van der Waals surface area contributed by atoms with E-state index in [1.54, 1.807) is 30.4 Å². The quantitative estimate of drug-likeness (QED) is 0.156. The Morgan fingerprint density at radius 3 is 2.48 bits per heavy atom. The van der Waals surface area contributed by atoms with Gasteiger partial charge in [0.1, 0.15) is 17.2 Å². The van der Waals surface area contributed by atoms with E-state index in [0.29, 0.717) is 23.1 Å². The van der Waals surface area contributed by atoms with E-state index in [1.165, 1.54) is 0 Å².